The summed E-state index contributed by atoms with van der Waals surface area (Å²) in [6, 6.07) is 5.91. The molecule has 0 saturated heterocycles. The van der Waals surface area contributed by atoms with Gasteiger partial charge < -0.3 is 4.90 Å². The molecular formula is C13H18FNO. The van der Waals surface area contributed by atoms with Gasteiger partial charge in [0.2, 0.25) is 0 Å². The Labute approximate surface area is 96.1 Å². The smallest absolute Gasteiger partial charge is 0.254 e. The van der Waals surface area contributed by atoms with Crippen LogP contribution in [-0.4, -0.2) is 23.4 Å². The molecular weight excluding hydrogens is 205 g/mol. The van der Waals surface area contributed by atoms with Crippen LogP contribution in [0, 0.1) is 5.82 Å². The number of benzene rings is 1. The van der Waals surface area contributed by atoms with E-state index in [4.69, 9.17) is 0 Å². The van der Waals surface area contributed by atoms with Crippen molar-refractivity contribution in [1.82, 2.24) is 4.90 Å². The van der Waals surface area contributed by atoms with Crippen LogP contribution in [0.3, 0.4) is 0 Å². The van der Waals surface area contributed by atoms with E-state index in [9.17, 15) is 9.18 Å². The van der Waals surface area contributed by atoms with Crippen LogP contribution in [0.25, 0.3) is 0 Å². The van der Waals surface area contributed by atoms with E-state index in [1.54, 1.807) is 4.90 Å². The standard InChI is InChI=1S/C13H18FNO/c1-4-10(3)15(5-2)13(16)11-6-8-12(14)9-7-11/h6-10H,4-5H2,1-3H3. The molecule has 0 heterocycles. The van der Waals surface area contributed by atoms with Gasteiger partial charge in [-0.15, -0.1) is 0 Å². The van der Waals surface area contributed by atoms with Crippen LogP contribution >= 0.6 is 0 Å². The zero-order valence-electron chi connectivity index (χ0n) is 10.0. The average molecular weight is 223 g/mol. The van der Waals surface area contributed by atoms with Gasteiger partial charge in [0.1, 0.15) is 5.82 Å². The minimum atomic E-state index is -0.317. The molecule has 16 heavy (non-hydrogen) atoms. The van der Waals surface area contributed by atoms with Gasteiger partial charge in [0.25, 0.3) is 5.91 Å². The summed E-state index contributed by atoms with van der Waals surface area (Å²) in [5.74, 6) is -0.347. The van der Waals surface area contributed by atoms with Crippen LogP contribution in [0.15, 0.2) is 24.3 Å². The first-order chi connectivity index (χ1) is 7.60. The predicted octanol–water partition coefficient (Wildman–Crippen LogP) is 3.09. The first kappa shape index (κ1) is 12.7. The summed E-state index contributed by atoms with van der Waals surface area (Å²) in [5.41, 5.74) is 0.545. The maximum absolute atomic E-state index is 12.7. The number of amides is 1. The normalized spacial score (nSPS) is 12.2. The Hall–Kier alpha value is -1.38. The first-order valence-corrected chi connectivity index (χ1v) is 5.66. The van der Waals surface area contributed by atoms with E-state index in [1.165, 1.54) is 24.3 Å². The summed E-state index contributed by atoms with van der Waals surface area (Å²) >= 11 is 0. The Balaban J connectivity index is 2.87. The molecule has 2 nitrogen and oxygen atoms in total. The van der Waals surface area contributed by atoms with Gasteiger partial charge in [0, 0.05) is 18.2 Å². The molecule has 1 atom stereocenters. The van der Waals surface area contributed by atoms with E-state index in [1.807, 2.05) is 20.8 Å². The molecule has 0 aromatic heterocycles. The monoisotopic (exact) mass is 223 g/mol. The number of hydrogen-bond acceptors (Lipinski definition) is 1. The summed E-state index contributed by atoms with van der Waals surface area (Å²) in [5, 5.41) is 0. The van der Waals surface area contributed by atoms with E-state index >= 15 is 0 Å². The van der Waals surface area contributed by atoms with Gasteiger partial charge in [-0.25, -0.2) is 4.39 Å². The van der Waals surface area contributed by atoms with Crippen LogP contribution < -0.4 is 0 Å². The van der Waals surface area contributed by atoms with Gasteiger partial charge in [0.15, 0.2) is 0 Å². The molecule has 0 saturated carbocycles. The Morgan fingerprint density at radius 3 is 2.31 bits per heavy atom. The summed E-state index contributed by atoms with van der Waals surface area (Å²) in [6.07, 6.45) is 0.917. The minimum Gasteiger partial charge on any atom is -0.336 e. The summed E-state index contributed by atoms with van der Waals surface area (Å²) < 4.78 is 12.7. The second-order valence-corrected chi connectivity index (χ2v) is 3.86. The van der Waals surface area contributed by atoms with Gasteiger partial charge in [-0.3, -0.25) is 4.79 Å². The van der Waals surface area contributed by atoms with Crippen LogP contribution in [-0.2, 0) is 0 Å². The lowest BCUT2D eigenvalue weighted by molar-refractivity contribution is 0.0700. The van der Waals surface area contributed by atoms with Gasteiger partial charge in [0.05, 0.1) is 0 Å². The maximum Gasteiger partial charge on any atom is 0.254 e. The number of nitrogens with zero attached hydrogens (tertiary/aromatic N) is 1. The molecule has 0 radical (unpaired) electrons. The quantitative estimate of drug-likeness (QED) is 0.768. The van der Waals surface area contributed by atoms with Crippen LogP contribution in [0.2, 0.25) is 0 Å². The summed E-state index contributed by atoms with van der Waals surface area (Å²) in [4.78, 5) is 13.9. The van der Waals surface area contributed by atoms with Gasteiger partial charge in [-0.2, -0.15) is 0 Å². The lowest BCUT2D eigenvalue weighted by Gasteiger charge is -2.27. The van der Waals surface area contributed by atoms with E-state index < -0.39 is 0 Å². The zero-order chi connectivity index (χ0) is 12.1. The van der Waals surface area contributed by atoms with Crippen LogP contribution in [0.1, 0.15) is 37.6 Å². The van der Waals surface area contributed by atoms with Gasteiger partial charge in [-0.1, -0.05) is 6.92 Å². The van der Waals surface area contributed by atoms with Crippen LogP contribution in [0.5, 0.6) is 0 Å². The van der Waals surface area contributed by atoms with Crippen molar-refractivity contribution in [2.45, 2.75) is 33.2 Å². The Kier molecular flexibility index (Phi) is 4.47. The SMILES string of the molecule is CCC(C)N(CC)C(=O)c1ccc(F)cc1. The van der Waals surface area contributed by atoms with E-state index in [2.05, 4.69) is 0 Å². The molecule has 0 aliphatic heterocycles. The molecule has 1 unspecified atom stereocenters. The molecule has 1 aromatic rings. The predicted molar refractivity (Wildman–Crippen MR) is 62.9 cm³/mol. The number of carbonyl (C=O) groups excluding carboxylic acids is 1. The molecule has 0 bridgehead atoms. The summed E-state index contributed by atoms with van der Waals surface area (Å²) in [6.45, 7) is 6.69. The molecule has 1 aromatic carbocycles. The highest BCUT2D eigenvalue weighted by molar-refractivity contribution is 5.94. The molecule has 0 fully saturated rings. The third-order valence-electron chi connectivity index (χ3n) is 2.82. The Morgan fingerprint density at radius 1 is 1.31 bits per heavy atom. The van der Waals surface area contributed by atoms with Crippen molar-refractivity contribution in [3.05, 3.63) is 35.6 Å². The van der Waals surface area contributed by atoms with Crippen molar-refractivity contribution >= 4 is 5.91 Å². The van der Waals surface area contributed by atoms with Crippen molar-refractivity contribution in [3.63, 3.8) is 0 Å². The molecule has 0 aliphatic carbocycles. The third-order valence-corrected chi connectivity index (χ3v) is 2.82. The number of hydrogen-bond donors (Lipinski definition) is 0. The van der Waals surface area contributed by atoms with Crippen LogP contribution in [0.4, 0.5) is 4.39 Å². The number of halogens is 1. The lowest BCUT2D eigenvalue weighted by atomic mass is 10.1. The highest BCUT2D eigenvalue weighted by Crippen LogP contribution is 2.11. The van der Waals surface area contributed by atoms with Crippen molar-refractivity contribution in [2.24, 2.45) is 0 Å². The lowest BCUT2D eigenvalue weighted by Crippen LogP contribution is -2.38. The van der Waals surface area contributed by atoms with Crippen molar-refractivity contribution in [3.8, 4) is 0 Å². The Morgan fingerprint density at radius 2 is 1.88 bits per heavy atom. The highest BCUT2D eigenvalue weighted by Gasteiger charge is 2.18. The zero-order valence-corrected chi connectivity index (χ0v) is 10.0. The van der Waals surface area contributed by atoms with Crippen molar-refractivity contribution in [2.75, 3.05) is 6.54 Å². The molecule has 0 N–H and O–H groups in total. The molecule has 1 amide bonds. The molecule has 3 heteroatoms. The topological polar surface area (TPSA) is 20.3 Å². The Bertz CT molecular complexity index is 347. The molecule has 0 spiro atoms. The van der Waals surface area contributed by atoms with E-state index in [0.29, 0.717) is 12.1 Å². The first-order valence-electron chi connectivity index (χ1n) is 5.66. The molecule has 1 rings (SSSR count). The molecule has 0 aliphatic rings. The summed E-state index contributed by atoms with van der Waals surface area (Å²) in [7, 11) is 0. The second-order valence-electron chi connectivity index (χ2n) is 3.86. The fraction of sp³-hybridized carbons (Fsp3) is 0.462. The number of carbonyl (C=O) groups is 1. The molecule has 88 valence electrons. The van der Waals surface area contributed by atoms with Gasteiger partial charge in [-0.05, 0) is 44.5 Å². The van der Waals surface area contributed by atoms with Crippen molar-refractivity contribution < 1.29 is 9.18 Å². The van der Waals surface area contributed by atoms with Gasteiger partial charge >= 0.3 is 0 Å². The minimum absolute atomic E-state index is 0.0307. The number of rotatable bonds is 4. The highest BCUT2D eigenvalue weighted by atomic mass is 19.1. The fourth-order valence-corrected chi connectivity index (χ4v) is 1.63. The van der Waals surface area contributed by atoms with Crippen molar-refractivity contribution in [1.29, 1.82) is 0 Å². The third kappa shape index (κ3) is 2.81. The van der Waals surface area contributed by atoms with E-state index in [0.717, 1.165) is 6.42 Å². The average Bonchev–Trinajstić information content (AvgIpc) is 2.30. The largest absolute Gasteiger partial charge is 0.336 e. The fourth-order valence-electron chi connectivity index (χ4n) is 1.63. The second kappa shape index (κ2) is 5.64. The maximum atomic E-state index is 12.7. The van der Waals surface area contributed by atoms with E-state index in [-0.39, 0.29) is 17.8 Å².